The van der Waals surface area contributed by atoms with Gasteiger partial charge in [-0.25, -0.2) is 0 Å². The zero-order valence-electron chi connectivity index (χ0n) is 10.1. The third kappa shape index (κ3) is 2.75. The van der Waals surface area contributed by atoms with E-state index in [1.165, 1.54) is 25.3 Å². The number of fused-ring (bicyclic) bond motifs is 1. The van der Waals surface area contributed by atoms with E-state index in [2.05, 4.69) is 0 Å². The van der Waals surface area contributed by atoms with Crippen LogP contribution in [-0.2, 0) is 20.2 Å². The van der Waals surface area contributed by atoms with Gasteiger partial charge in [-0.1, -0.05) is 0 Å². The van der Waals surface area contributed by atoms with Crippen molar-refractivity contribution in [2.24, 2.45) is 0 Å². The normalized spacial score (nSPS) is 12.6. The fourth-order valence-electron chi connectivity index (χ4n) is 1.78. The van der Waals surface area contributed by atoms with Crippen LogP contribution in [0.2, 0.25) is 0 Å². The van der Waals surface area contributed by atoms with Gasteiger partial charge in [0.25, 0.3) is 20.2 Å². The molecule has 0 unspecified atom stereocenters. The summed E-state index contributed by atoms with van der Waals surface area (Å²) in [6.07, 6.45) is 0. The molecule has 2 aromatic rings. The molecule has 0 spiro atoms. The summed E-state index contributed by atoms with van der Waals surface area (Å²) in [6.45, 7) is 0. The zero-order valence-corrected chi connectivity index (χ0v) is 11.8. The highest BCUT2D eigenvalue weighted by atomic mass is 32.2. The fourth-order valence-corrected chi connectivity index (χ4v) is 3.13. The highest BCUT2D eigenvalue weighted by Gasteiger charge is 2.20. The first-order valence-electron chi connectivity index (χ1n) is 5.20. The second kappa shape index (κ2) is 4.70. The lowest BCUT2D eigenvalue weighted by Gasteiger charge is -2.08. The van der Waals surface area contributed by atoms with Gasteiger partial charge in [-0.2, -0.15) is 16.8 Å². The van der Waals surface area contributed by atoms with Crippen molar-refractivity contribution >= 4 is 31.0 Å². The van der Waals surface area contributed by atoms with Gasteiger partial charge < -0.3 is 4.74 Å². The molecule has 0 atom stereocenters. The average molecular weight is 318 g/mol. The molecule has 0 bridgehead atoms. The molecule has 0 saturated carbocycles. The number of ether oxygens (including phenoxy) is 1. The highest BCUT2D eigenvalue weighted by Crippen LogP contribution is 2.29. The second-order valence-electron chi connectivity index (χ2n) is 3.96. The first-order chi connectivity index (χ1) is 9.13. The van der Waals surface area contributed by atoms with Crippen LogP contribution in [0.15, 0.2) is 40.1 Å². The Hall–Kier alpha value is -1.68. The second-order valence-corrected chi connectivity index (χ2v) is 6.77. The van der Waals surface area contributed by atoms with E-state index in [9.17, 15) is 16.8 Å². The number of hydrogen-bond acceptors (Lipinski definition) is 5. The fraction of sp³-hybridized carbons (Fsp3) is 0.0909. The van der Waals surface area contributed by atoms with Crippen LogP contribution in [0, 0.1) is 0 Å². The first kappa shape index (κ1) is 14.7. The molecule has 2 N–H and O–H groups in total. The Morgan fingerprint density at radius 2 is 1.60 bits per heavy atom. The van der Waals surface area contributed by atoms with Gasteiger partial charge in [-0.15, -0.1) is 0 Å². The van der Waals surface area contributed by atoms with E-state index in [-0.39, 0.29) is 10.8 Å². The maximum Gasteiger partial charge on any atom is 0.295 e. The topological polar surface area (TPSA) is 118 Å². The van der Waals surface area contributed by atoms with Crippen molar-refractivity contribution in [1.82, 2.24) is 0 Å². The van der Waals surface area contributed by atoms with E-state index in [4.69, 9.17) is 13.8 Å². The Bertz CT molecular complexity index is 882. The molecule has 9 heteroatoms. The molecule has 108 valence electrons. The van der Waals surface area contributed by atoms with Gasteiger partial charge in [-0.05, 0) is 35.7 Å². The van der Waals surface area contributed by atoms with E-state index in [0.29, 0.717) is 11.8 Å². The Labute approximate surface area is 115 Å². The SMILES string of the molecule is COc1ccc2c(S(=O)(=O)O)cc(S(=O)(=O)O)cc2c1. The van der Waals surface area contributed by atoms with Gasteiger partial charge in [0.05, 0.1) is 12.0 Å². The van der Waals surface area contributed by atoms with E-state index in [1.54, 1.807) is 0 Å². The molecule has 0 fully saturated rings. The third-order valence-electron chi connectivity index (χ3n) is 2.67. The summed E-state index contributed by atoms with van der Waals surface area (Å²) in [7, 11) is -7.87. The van der Waals surface area contributed by atoms with Crippen LogP contribution in [0.5, 0.6) is 5.75 Å². The molecule has 0 saturated heterocycles. The van der Waals surface area contributed by atoms with Crippen LogP contribution >= 0.6 is 0 Å². The lowest BCUT2D eigenvalue weighted by atomic mass is 10.1. The predicted octanol–water partition coefficient (Wildman–Crippen LogP) is 1.34. The van der Waals surface area contributed by atoms with E-state index in [0.717, 1.165) is 6.07 Å². The molecule has 0 aliphatic heterocycles. The summed E-state index contributed by atoms with van der Waals surface area (Å²) >= 11 is 0. The minimum atomic E-state index is -4.65. The molecular formula is C11H10O7S2. The van der Waals surface area contributed by atoms with Crippen molar-refractivity contribution in [3.8, 4) is 5.75 Å². The molecule has 2 rings (SSSR count). The molecule has 0 aliphatic rings. The van der Waals surface area contributed by atoms with Crippen molar-refractivity contribution in [1.29, 1.82) is 0 Å². The summed E-state index contributed by atoms with van der Waals surface area (Å²) in [5, 5.41) is 0.299. The lowest BCUT2D eigenvalue weighted by molar-refractivity contribution is 0.415. The Morgan fingerprint density at radius 3 is 2.10 bits per heavy atom. The number of methoxy groups -OCH3 is 1. The monoisotopic (exact) mass is 318 g/mol. The van der Waals surface area contributed by atoms with Crippen LogP contribution in [0.4, 0.5) is 0 Å². The van der Waals surface area contributed by atoms with Crippen molar-refractivity contribution in [2.45, 2.75) is 9.79 Å². The quantitative estimate of drug-likeness (QED) is 0.820. The van der Waals surface area contributed by atoms with Gasteiger partial charge in [0, 0.05) is 5.39 Å². The van der Waals surface area contributed by atoms with Gasteiger partial charge in [-0.3, -0.25) is 9.11 Å². The standard InChI is InChI=1S/C11H10O7S2/c1-18-8-2-3-10-7(4-8)5-9(19(12,13)14)6-11(10)20(15,16)17/h2-6H,1H3,(H,12,13,14)(H,15,16,17). The van der Waals surface area contributed by atoms with E-state index < -0.39 is 30.0 Å². The molecule has 0 aliphatic carbocycles. The van der Waals surface area contributed by atoms with Crippen molar-refractivity contribution < 1.29 is 30.7 Å². The molecule has 7 nitrogen and oxygen atoms in total. The summed E-state index contributed by atoms with van der Waals surface area (Å²) in [5.41, 5.74) is 0. The molecule has 0 aromatic heterocycles. The van der Waals surface area contributed by atoms with Crippen molar-refractivity contribution in [3.05, 3.63) is 30.3 Å². The molecule has 2 aromatic carbocycles. The molecular weight excluding hydrogens is 308 g/mol. The maximum atomic E-state index is 11.3. The minimum absolute atomic E-state index is 0.112. The molecule has 0 radical (unpaired) electrons. The summed E-state index contributed by atoms with van der Waals surface area (Å²) in [5.74, 6) is 0.367. The van der Waals surface area contributed by atoms with Crippen LogP contribution in [0.3, 0.4) is 0 Å². The summed E-state index contributed by atoms with van der Waals surface area (Å²) in [6, 6.07) is 6.00. The summed E-state index contributed by atoms with van der Waals surface area (Å²) < 4.78 is 68.1. The molecule has 20 heavy (non-hydrogen) atoms. The van der Waals surface area contributed by atoms with Crippen LogP contribution < -0.4 is 4.74 Å². The molecule has 0 heterocycles. The lowest BCUT2D eigenvalue weighted by Crippen LogP contribution is -2.04. The van der Waals surface area contributed by atoms with Crippen LogP contribution in [0.1, 0.15) is 0 Å². The highest BCUT2D eigenvalue weighted by molar-refractivity contribution is 7.86. The third-order valence-corrected chi connectivity index (χ3v) is 4.40. The Morgan fingerprint density at radius 1 is 0.950 bits per heavy atom. The van der Waals surface area contributed by atoms with Crippen molar-refractivity contribution in [2.75, 3.05) is 7.11 Å². The maximum absolute atomic E-state index is 11.3. The zero-order chi connectivity index (χ0) is 15.1. The van der Waals surface area contributed by atoms with Gasteiger partial charge >= 0.3 is 0 Å². The Balaban J connectivity index is 2.96. The van der Waals surface area contributed by atoms with Gasteiger partial charge in [0.1, 0.15) is 10.6 Å². The van der Waals surface area contributed by atoms with Gasteiger partial charge in [0.15, 0.2) is 0 Å². The number of rotatable bonds is 3. The summed E-state index contributed by atoms with van der Waals surface area (Å²) in [4.78, 5) is -1.24. The van der Waals surface area contributed by atoms with Crippen molar-refractivity contribution in [3.63, 3.8) is 0 Å². The van der Waals surface area contributed by atoms with Crippen LogP contribution in [-0.4, -0.2) is 33.1 Å². The van der Waals surface area contributed by atoms with E-state index >= 15 is 0 Å². The smallest absolute Gasteiger partial charge is 0.295 e. The van der Waals surface area contributed by atoms with E-state index in [1.807, 2.05) is 0 Å². The van der Waals surface area contributed by atoms with Crippen LogP contribution in [0.25, 0.3) is 10.8 Å². The minimum Gasteiger partial charge on any atom is -0.497 e. The average Bonchev–Trinajstić information content (AvgIpc) is 2.34. The number of hydrogen-bond donors (Lipinski definition) is 2. The van der Waals surface area contributed by atoms with Gasteiger partial charge in [0.2, 0.25) is 0 Å². The molecule has 0 amide bonds. The number of benzene rings is 2. The first-order valence-corrected chi connectivity index (χ1v) is 8.08. The predicted molar refractivity (Wildman–Crippen MR) is 70.1 cm³/mol. The Kier molecular flexibility index (Phi) is 3.46. The largest absolute Gasteiger partial charge is 0.497 e.